The van der Waals surface area contributed by atoms with Crippen LogP contribution in [0.3, 0.4) is 0 Å². The van der Waals surface area contributed by atoms with Crippen molar-refractivity contribution in [2.75, 3.05) is 7.05 Å². The third kappa shape index (κ3) is 2.49. The van der Waals surface area contributed by atoms with E-state index in [0.717, 1.165) is 36.9 Å². The Morgan fingerprint density at radius 1 is 1.36 bits per heavy atom. The predicted octanol–water partition coefficient (Wildman–Crippen LogP) is 0.349. The number of nitrogens with one attached hydrogen (secondary N) is 2. The van der Waals surface area contributed by atoms with Crippen LogP contribution in [-0.4, -0.2) is 39.2 Å². The average molecular weight is 382 g/mol. The molecule has 2 saturated carbocycles. The second kappa shape index (κ2) is 6.02. The maximum absolute atomic E-state index is 13.2. The third-order valence-corrected chi connectivity index (χ3v) is 6.33. The average Bonchev–Trinajstić information content (AvgIpc) is 3.03. The molecule has 5 rings (SSSR count). The van der Waals surface area contributed by atoms with E-state index in [4.69, 9.17) is 0 Å². The highest BCUT2D eigenvalue weighted by molar-refractivity contribution is 5.99. The van der Waals surface area contributed by atoms with E-state index in [2.05, 4.69) is 20.7 Å². The first-order valence-electron chi connectivity index (χ1n) is 9.74. The summed E-state index contributed by atoms with van der Waals surface area (Å²) in [5.41, 5.74) is 1.38. The minimum Gasteiger partial charge on any atom is -0.619 e. The van der Waals surface area contributed by atoms with E-state index in [-0.39, 0.29) is 11.8 Å². The molecule has 0 radical (unpaired) electrons. The molecule has 0 unspecified atom stereocenters. The Balaban J connectivity index is 1.53. The fourth-order valence-electron chi connectivity index (χ4n) is 4.85. The van der Waals surface area contributed by atoms with Crippen molar-refractivity contribution in [3.05, 3.63) is 40.7 Å². The van der Waals surface area contributed by atoms with E-state index in [1.807, 2.05) is 0 Å². The Hall–Kier alpha value is -2.97. The van der Waals surface area contributed by atoms with Crippen LogP contribution in [0.4, 0.5) is 0 Å². The van der Waals surface area contributed by atoms with Crippen LogP contribution in [0.2, 0.25) is 0 Å². The molecule has 2 aromatic rings. The summed E-state index contributed by atoms with van der Waals surface area (Å²) >= 11 is 0. The molecule has 3 aliphatic carbocycles. The lowest BCUT2D eigenvalue weighted by Gasteiger charge is -2.28. The predicted molar refractivity (Wildman–Crippen MR) is 97.6 cm³/mol. The van der Waals surface area contributed by atoms with Crippen LogP contribution in [0.5, 0.6) is 0 Å². The summed E-state index contributed by atoms with van der Waals surface area (Å²) in [5, 5.41) is 21.9. The second-order valence-electron chi connectivity index (χ2n) is 8.03. The van der Waals surface area contributed by atoms with Gasteiger partial charge in [0.15, 0.2) is 11.9 Å². The lowest BCUT2D eigenvalue weighted by atomic mass is 9.95. The first-order chi connectivity index (χ1) is 13.5. The minimum absolute atomic E-state index is 0.158. The summed E-state index contributed by atoms with van der Waals surface area (Å²) in [6.07, 6.45) is 9.04. The molecule has 2 aromatic heterocycles. The van der Waals surface area contributed by atoms with Gasteiger partial charge in [-0.3, -0.25) is 9.59 Å². The van der Waals surface area contributed by atoms with Crippen LogP contribution < -0.4 is 15.4 Å². The molecule has 0 saturated heterocycles. The van der Waals surface area contributed by atoms with Crippen LogP contribution in [0, 0.1) is 11.1 Å². The largest absolute Gasteiger partial charge is 0.619 e. The molecular weight excluding hydrogens is 360 g/mol. The number of hydrogen-bond acceptors (Lipinski definition) is 5. The zero-order chi connectivity index (χ0) is 19.5. The monoisotopic (exact) mass is 382 g/mol. The summed E-state index contributed by atoms with van der Waals surface area (Å²) in [7, 11) is 1.59. The summed E-state index contributed by atoms with van der Waals surface area (Å²) < 4.78 is 2.31. The van der Waals surface area contributed by atoms with E-state index in [1.54, 1.807) is 11.7 Å². The van der Waals surface area contributed by atoms with Gasteiger partial charge in [-0.2, -0.15) is 9.83 Å². The maximum atomic E-state index is 13.2. The zero-order valence-electron chi connectivity index (χ0n) is 15.6. The van der Waals surface area contributed by atoms with Gasteiger partial charge in [-0.25, -0.2) is 9.67 Å². The molecule has 2 atom stereocenters. The standard InChI is InChI=1S/C19H22N6O3/c1-20-18(27)19(4-2-3-5-19)22-17(26)15-13-9-11-8-12(11)16(13)25(23-15)14-10-24(28)7-6-21-14/h6-7,10-12H,2-5,8-9H2,1H3,(H,20,27)(H,22,26)/t11-,12-/m1/s1. The summed E-state index contributed by atoms with van der Waals surface area (Å²) in [4.78, 5) is 29.9. The van der Waals surface area contributed by atoms with Gasteiger partial charge in [-0.15, -0.1) is 0 Å². The summed E-state index contributed by atoms with van der Waals surface area (Å²) in [5.74, 6) is 0.822. The van der Waals surface area contributed by atoms with Gasteiger partial charge in [0.1, 0.15) is 5.54 Å². The van der Waals surface area contributed by atoms with Gasteiger partial charge in [0, 0.05) is 18.5 Å². The second-order valence-corrected chi connectivity index (χ2v) is 8.03. The summed E-state index contributed by atoms with van der Waals surface area (Å²) in [6.45, 7) is 0. The van der Waals surface area contributed by atoms with Gasteiger partial charge in [-0.1, -0.05) is 12.8 Å². The van der Waals surface area contributed by atoms with Gasteiger partial charge in [0.05, 0.1) is 11.9 Å². The molecule has 0 bridgehead atoms. The van der Waals surface area contributed by atoms with Crippen molar-refractivity contribution in [3.63, 3.8) is 0 Å². The van der Waals surface area contributed by atoms with Crippen LogP contribution in [-0.2, 0) is 11.2 Å². The zero-order valence-corrected chi connectivity index (χ0v) is 15.6. The molecule has 0 aliphatic heterocycles. The maximum Gasteiger partial charge on any atom is 0.272 e. The van der Waals surface area contributed by atoms with Gasteiger partial charge in [0.2, 0.25) is 17.9 Å². The number of rotatable bonds is 4. The van der Waals surface area contributed by atoms with E-state index in [0.29, 0.717) is 40.9 Å². The molecule has 2 heterocycles. The van der Waals surface area contributed by atoms with Gasteiger partial charge < -0.3 is 15.8 Å². The third-order valence-electron chi connectivity index (χ3n) is 6.33. The number of fused-ring (bicyclic) bond motifs is 3. The van der Waals surface area contributed by atoms with E-state index < -0.39 is 5.54 Å². The van der Waals surface area contributed by atoms with E-state index >= 15 is 0 Å². The van der Waals surface area contributed by atoms with Crippen LogP contribution >= 0.6 is 0 Å². The van der Waals surface area contributed by atoms with Crippen LogP contribution in [0.1, 0.15) is 59.8 Å². The number of amides is 2. The number of carbonyl (C=O) groups is 2. The smallest absolute Gasteiger partial charge is 0.272 e. The lowest BCUT2D eigenvalue weighted by Crippen LogP contribution is -2.56. The fourth-order valence-corrected chi connectivity index (χ4v) is 4.85. The topological polar surface area (TPSA) is 116 Å². The van der Waals surface area contributed by atoms with Crippen molar-refractivity contribution in [1.82, 2.24) is 25.4 Å². The van der Waals surface area contributed by atoms with Crippen LogP contribution in [0.25, 0.3) is 5.82 Å². The summed E-state index contributed by atoms with van der Waals surface area (Å²) in [6, 6.07) is 0. The van der Waals surface area contributed by atoms with Crippen molar-refractivity contribution in [1.29, 1.82) is 0 Å². The molecule has 0 spiro atoms. The normalized spacial score (nSPS) is 23.8. The number of nitrogens with zero attached hydrogens (tertiary/aromatic N) is 4. The Morgan fingerprint density at radius 3 is 2.86 bits per heavy atom. The molecular formula is C19H22N6O3. The minimum atomic E-state index is -0.868. The van der Waals surface area contributed by atoms with Crippen molar-refractivity contribution >= 4 is 11.8 Å². The number of hydrogen-bond donors (Lipinski definition) is 2. The van der Waals surface area contributed by atoms with Gasteiger partial charge >= 0.3 is 0 Å². The van der Waals surface area contributed by atoms with E-state index in [9.17, 15) is 14.8 Å². The first-order valence-corrected chi connectivity index (χ1v) is 9.74. The van der Waals surface area contributed by atoms with Crippen LogP contribution in [0.15, 0.2) is 18.6 Å². The fraction of sp³-hybridized carbons (Fsp3) is 0.526. The highest BCUT2D eigenvalue weighted by atomic mass is 16.5. The molecule has 2 amide bonds. The molecule has 28 heavy (non-hydrogen) atoms. The quantitative estimate of drug-likeness (QED) is 0.585. The van der Waals surface area contributed by atoms with Crippen molar-refractivity contribution in [2.45, 2.75) is 50.0 Å². The molecule has 9 heteroatoms. The Bertz CT molecular complexity index is 978. The Morgan fingerprint density at radius 2 is 2.14 bits per heavy atom. The Labute approximate surface area is 161 Å². The van der Waals surface area contributed by atoms with Gasteiger partial charge in [0.25, 0.3) is 5.91 Å². The molecule has 9 nitrogen and oxygen atoms in total. The van der Waals surface area contributed by atoms with E-state index in [1.165, 1.54) is 18.6 Å². The SMILES string of the molecule is CNC(=O)C1(NC(=O)c2nn(-c3c[n+]([O-])ccn3)c3c2C[C@H]2C[C@@H]32)CCCC1. The van der Waals surface area contributed by atoms with Gasteiger partial charge in [-0.05, 0) is 31.6 Å². The van der Waals surface area contributed by atoms with Crippen molar-refractivity contribution in [2.24, 2.45) is 5.92 Å². The number of likely N-dealkylation sites (N-methyl/N-ethyl adjacent to an activating group) is 1. The lowest BCUT2D eigenvalue weighted by molar-refractivity contribution is -0.605. The molecule has 0 aromatic carbocycles. The highest BCUT2D eigenvalue weighted by Gasteiger charge is 2.51. The molecule has 2 N–H and O–H groups in total. The van der Waals surface area contributed by atoms with Crippen molar-refractivity contribution < 1.29 is 14.3 Å². The number of carbonyl (C=O) groups excluding carboxylic acids is 2. The van der Waals surface area contributed by atoms with Crippen molar-refractivity contribution in [3.8, 4) is 5.82 Å². The molecule has 146 valence electrons. The number of aromatic nitrogens is 4. The molecule has 2 fully saturated rings. The first kappa shape index (κ1) is 17.2. The molecule has 3 aliphatic rings. The highest BCUT2D eigenvalue weighted by Crippen LogP contribution is 2.57. The Kier molecular flexibility index (Phi) is 3.68.